The van der Waals surface area contributed by atoms with Crippen molar-refractivity contribution in [1.29, 1.82) is 0 Å². The summed E-state index contributed by atoms with van der Waals surface area (Å²) in [6.07, 6.45) is 8.22. The number of nitrogens with zero attached hydrogens (tertiary/aromatic N) is 1. The van der Waals surface area contributed by atoms with Crippen LogP contribution in [0.15, 0.2) is 29.3 Å². The van der Waals surface area contributed by atoms with Gasteiger partial charge in [-0.1, -0.05) is 29.8 Å². The highest BCUT2D eigenvalue weighted by Gasteiger charge is 2.21. The van der Waals surface area contributed by atoms with Gasteiger partial charge in [-0.05, 0) is 18.3 Å². The van der Waals surface area contributed by atoms with E-state index in [1.807, 2.05) is 18.2 Å². The highest BCUT2D eigenvalue weighted by molar-refractivity contribution is 7.78. The Labute approximate surface area is 70.1 Å². The van der Waals surface area contributed by atoms with Crippen LogP contribution in [-0.4, -0.2) is 10.2 Å². The molecule has 1 aliphatic rings. The number of isothiocyanates is 1. The Balaban J connectivity index is 2.79. The first-order valence-electron chi connectivity index (χ1n) is 2.89. The van der Waals surface area contributed by atoms with Crippen molar-refractivity contribution in [3.8, 4) is 0 Å². The second kappa shape index (κ2) is 3.11. The Morgan fingerprint density at radius 3 is 2.90 bits per heavy atom. The summed E-state index contributed by atoms with van der Waals surface area (Å²) in [5.41, 5.74) is 0. The number of aliphatic imine (C=N–C) groups is 1. The number of rotatable bonds is 1. The van der Waals surface area contributed by atoms with E-state index in [1.165, 1.54) is 0 Å². The van der Waals surface area contributed by atoms with Crippen LogP contribution >= 0.6 is 23.8 Å². The SMILES string of the molecule is S=C=NC1(Cl)C=CC=CC1. The highest BCUT2D eigenvalue weighted by Crippen LogP contribution is 2.26. The van der Waals surface area contributed by atoms with Crippen LogP contribution in [0, 0.1) is 0 Å². The number of halogens is 1. The Morgan fingerprint density at radius 2 is 2.40 bits per heavy atom. The third kappa shape index (κ3) is 1.77. The fourth-order valence-corrected chi connectivity index (χ4v) is 1.16. The fraction of sp³-hybridized carbons (Fsp3) is 0.286. The van der Waals surface area contributed by atoms with Gasteiger partial charge in [-0.3, -0.25) is 0 Å². The molecule has 0 aliphatic heterocycles. The van der Waals surface area contributed by atoms with Crippen molar-refractivity contribution in [3.05, 3.63) is 24.3 Å². The highest BCUT2D eigenvalue weighted by atomic mass is 35.5. The lowest BCUT2D eigenvalue weighted by molar-refractivity contribution is 0.751. The van der Waals surface area contributed by atoms with E-state index in [0.29, 0.717) is 6.42 Å². The molecular weight excluding hydrogens is 166 g/mol. The molecule has 0 spiro atoms. The molecule has 0 aromatic heterocycles. The van der Waals surface area contributed by atoms with E-state index in [0.717, 1.165) is 0 Å². The summed E-state index contributed by atoms with van der Waals surface area (Å²) in [5.74, 6) is 0. The minimum atomic E-state index is -0.656. The van der Waals surface area contributed by atoms with Crippen LogP contribution in [0.5, 0.6) is 0 Å². The van der Waals surface area contributed by atoms with Crippen molar-refractivity contribution in [2.24, 2.45) is 4.99 Å². The zero-order chi connectivity index (χ0) is 7.45. The van der Waals surface area contributed by atoms with Crippen LogP contribution in [0.25, 0.3) is 0 Å². The first-order valence-corrected chi connectivity index (χ1v) is 3.68. The largest absolute Gasteiger partial charge is 0.205 e. The minimum absolute atomic E-state index is 0.656. The van der Waals surface area contributed by atoms with Gasteiger partial charge >= 0.3 is 0 Å². The molecule has 0 bridgehead atoms. The van der Waals surface area contributed by atoms with Crippen LogP contribution in [0.3, 0.4) is 0 Å². The maximum absolute atomic E-state index is 5.94. The van der Waals surface area contributed by atoms with Gasteiger partial charge in [-0.25, -0.2) is 4.99 Å². The number of hydrogen-bond donors (Lipinski definition) is 0. The van der Waals surface area contributed by atoms with E-state index in [4.69, 9.17) is 11.6 Å². The van der Waals surface area contributed by atoms with Crippen molar-refractivity contribution in [2.45, 2.75) is 11.4 Å². The average Bonchev–Trinajstić information content (AvgIpc) is 1.89. The van der Waals surface area contributed by atoms with E-state index >= 15 is 0 Å². The van der Waals surface area contributed by atoms with Crippen LogP contribution < -0.4 is 0 Å². The molecule has 1 nitrogen and oxygen atoms in total. The van der Waals surface area contributed by atoms with Gasteiger partial charge in [0, 0.05) is 6.42 Å². The van der Waals surface area contributed by atoms with Crippen molar-refractivity contribution in [3.63, 3.8) is 0 Å². The third-order valence-electron chi connectivity index (χ3n) is 1.23. The summed E-state index contributed by atoms with van der Waals surface area (Å²) in [4.78, 5) is 3.15. The van der Waals surface area contributed by atoms with Gasteiger partial charge in [0.25, 0.3) is 0 Å². The van der Waals surface area contributed by atoms with Gasteiger partial charge in [0.1, 0.15) is 0 Å². The van der Waals surface area contributed by atoms with Crippen LogP contribution in [0.4, 0.5) is 0 Å². The summed E-state index contributed by atoms with van der Waals surface area (Å²) >= 11 is 10.4. The third-order valence-corrected chi connectivity index (χ3v) is 1.69. The Kier molecular flexibility index (Phi) is 2.39. The van der Waals surface area contributed by atoms with Crippen molar-refractivity contribution >= 4 is 29.0 Å². The smallest absolute Gasteiger partial charge is 0.166 e. The molecule has 1 rings (SSSR count). The Hall–Kier alpha value is -0.430. The van der Waals surface area contributed by atoms with Crippen molar-refractivity contribution in [1.82, 2.24) is 0 Å². The van der Waals surface area contributed by atoms with Gasteiger partial charge in [0.2, 0.25) is 0 Å². The second-order valence-corrected chi connectivity index (χ2v) is 2.85. The summed E-state index contributed by atoms with van der Waals surface area (Å²) in [6, 6.07) is 0. The first kappa shape index (κ1) is 7.67. The monoisotopic (exact) mass is 171 g/mol. The van der Waals surface area contributed by atoms with Gasteiger partial charge in [-0.15, -0.1) is 0 Å². The van der Waals surface area contributed by atoms with Gasteiger partial charge in [0.05, 0.1) is 5.16 Å². The molecule has 0 aromatic rings. The molecule has 1 unspecified atom stereocenters. The van der Waals surface area contributed by atoms with Gasteiger partial charge in [0.15, 0.2) is 5.00 Å². The number of alkyl halides is 1. The summed E-state index contributed by atoms with van der Waals surface area (Å²) < 4.78 is 0. The number of thiocarbonyl (C=S) groups is 1. The van der Waals surface area contributed by atoms with E-state index in [2.05, 4.69) is 22.4 Å². The number of allylic oxidation sites excluding steroid dienone is 2. The maximum atomic E-state index is 5.94. The molecule has 0 saturated carbocycles. The molecule has 0 fully saturated rings. The molecule has 10 heavy (non-hydrogen) atoms. The lowest BCUT2D eigenvalue weighted by Gasteiger charge is -2.15. The summed E-state index contributed by atoms with van der Waals surface area (Å²) in [6.45, 7) is 0. The lowest BCUT2D eigenvalue weighted by atomic mass is 10.1. The summed E-state index contributed by atoms with van der Waals surface area (Å²) in [7, 11) is 0. The van der Waals surface area contributed by atoms with Crippen LogP contribution in [0.1, 0.15) is 6.42 Å². The number of hydrogen-bond acceptors (Lipinski definition) is 2. The molecule has 0 heterocycles. The molecule has 0 saturated heterocycles. The Morgan fingerprint density at radius 1 is 1.60 bits per heavy atom. The molecule has 0 N–H and O–H groups in total. The molecule has 1 aliphatic carbocycles. The average molecular weight is 172 g/mol. The zero-order valence-corrected chi connectivity index (χ0v) is 6.82. The predicted octanol–water partition coefficient (Wildman–Crippen LogP) is 2.54. The molecule has 0 radical (unpaired) electrons. The molecule has 52 valence electrons. The van der Waals surface area contributed by atoms with Crippen molar-refractivity contribution in [2.75, 3.05) is 0 Å². The van der Waals surface area contributed by atoms with E-state index in [9.17, 15) is 0 Å². The van der Waals surface area contributed by atoms with E-state index in [-0.39, 0.29) is 0 Å². The normalized spacial score (nSPS) is 29.7. The fourth-order valence-electron chi connectivity index (χ4n) is 0.742. The van der Waals surface area contributed by atoms with E-state index in [1.54, 1.807) is 6.08 Å². The standard InChI is InChI=1S/C7H6ClNS/c8-7(9-6-10)4-2-1-3-5-7/h1-4H,5H2. The molecular formula is C7H6ClNS. The molecule has 0 aromatic carbocycles. The van der Waals surface area contributed by atoms with E-state index < -0.39 is 5.00 Å². The van der Waals surface area contributed by atoms with Gasteiger partial charge in [-0.2, -0.15) is 0 Å². The molecule has 3 heteroatoms. The lowest BCUT2D eigenvalue weighted by Crippen LogP contribution is -2.14. The predicted molar refractivity (Wildman–Crippen MR) is 46.5 cm³/mol. The zero-order valence-electron chi connectivity index (χ0n) is 5.25. The summed E-state index contributed by atoms with van der Waals surface area (Å²) in [5, 5.41) is 2.27. The molecule has 1 atom stereocenters. The van der Waals surface area contributed by atoms with Gasteiger partial charge < -0.3 is 0 Å². The van der Waals surface area contributed by atoms with Crippen LogP contribution in [-0.2, 0) is 0 Å². The van der Waals surface area contributed by atoms with Crippen LogP contribution in [0.2, 0.25) is 0 Å². The molecule has 0 amide bonds. The topological polar surface area (TPSA) is 12.4 Å². The van der Waals surface area contributed by atoms with Crippen molar-refractivity contribution < 1.29 is 0 Å². The first-order chi connectivity index (χ1) is 4.77. The second-order valence-electron chi connectivity index (χ2n) is 2.01. The maximum Gasteiger partial charge on any atom is 0.166 e. The quantitative estimate of drug-likeness (QED) is 0.256. The minimum Gasteiger partial charge on any atom is -0.205 e. The Bertz CT molecular complexity index is 228.